The molecule has 1 fully saturated rings. The molecular formula is C12H15NO5. The van der Waals surface area contributed by atoms with Crippen LogP contribution in [0.1, 0.15) is 26.7 Å². The molecule has 1 saturated carbocycles. The van der Waals surface area contributed by atoms with Gasteiger partial charge in [0.05, 0.1) is 18.1 Å². The summed E-state index contributed by atoms with van der Waals surface area (Å²) in [6.07, 6.45) is 1.57. The molecule has 0 aromatic heterocycles. The van der Waals surface area contributed by atoms with Gasteiger partial charge >= 0.3 is 11.9 Å². The van der Waals surface area contributed by atoms with Gasteiger partial charge in [-0.2, -0.15) is 0 Å². The first-order valence-corrected chi connectivity index (χ1v) is 5.72. The van der Waals surface area contributed by atoms with Crippen LogP contribution in [0.4, 0.5) is 0 Å². The van der Waals surface area contributed by atoms with E-state index in [1.165, 1.54) is 25.9 Å². The average molecular weight is 253 g/mol. The first-order valence-electron chi connectivity index (χ1n) is 5.72. The van der Waals surface area contributed by atoms with Crippen LogP contribution in [-0.2, 0) is 19.1 Å². The van der Waals surface area contributed by atoms with E-state index in [1.807, 2.05) is 0 Å². The van der Waals surface area contributed by atoms with Gasteiger partial charge in [0.15, 0.2) is 0 Å². The molecule has 0 spiro atoms. The number of nitrogens with zero attached hydrogens (tertiary/aromatic N) is 1. The van der Waals surface area contributed by atoms with Crippen molar-refractivity contribution in [1.29, 1.82) is 0 Å². The number of ether oxygens (including phenoxy) is 1. The van der Waals surface area contributed by atoms with Gasteiger partial charge in [0.25, 0.3) is 0 Å². The van der Waals surface area contributed by atoms with Crippen molar-refractivity contribution >= 4 is 17.8 Å². The monoisotopic (exact) mass is 253 g/mol. The maximum Gasteiger partial charge on any atom is 0.355 e. The minimum absolute atomic E-state index is 0.0669. The smallest absolute Gasteiger partial charge is 0.355 e. The van der Waals surface area contributed by atoms with E-state index in [0.29, 0.717) is 0 Å². The Morgan fingerprint density at radius 3 is 2.33 bits per heavy atom. The molecule has 0 aromatic carbocycles. The minimum atomic E-state index is -1.25. The average Bonchev–Trinajstić information content (AvgIpc) is 3.07. The van der Waals surface area contributed by atoms with Gasteiger partial charge in [-0.15, -0.1) is 0 Å². The van der Waals surface area contributed by atoms with Crippen molar-refractivity contribution in [2.45, 2.75) is 32.7 Å². The zero-order valence-corrected chi connectivity index (χ0v) is 10.5. The van der Waals surface area contributed by atoms with E-state index in [4.69, 9.17) is 0 Å². The molecule has 0 radical (unpaired) electrons. The molecule has 1 aliphatic heterocycles. The van der Waals surface area contributed by atoms with Crippen LogP contribution in [0.25, 0.3) is 0 Å². The third kappa shape index (κ3) is 1.60. The summed E-state index contributed by atoms with van der Waals surface area (Å²) in [4.78, 5) is 36.7. The normalized spacial score (nSPS) is 22.4. The summed E-state index contributed by atoms with van der Waals surface area (Å²) in [5.74, 6) is -2.36. The molecule has 98 valence electrons. The number of carbonyl (C=O) groups is 3. The summed E-state index contributed by atoms with van der Waals surface area (Å²) >= 11 is 0. The van der Waals surface area contributed by atoms with Crippen LogP contribution in [0, 0.1) is 5.41 Å². The van der Waals surface area contributed by atoms with E-state index in [0.717, 1.165) is 12.8 Å². The lowest BCUT2D eigenvalue weighted by atomic mass is 9.85. The fourth-order valence-corrected chi connectivity index (χ4v) is 2.27. The summed E-state index contributed by atoms with van der Waals surface area (Å²) in [6, 6.07) is -0.0669. The predicted molar refractivity (Wildman–Crippen MR) is 60.3 cm³/mol. The molecule has 1 N–H and O–H groups in total. The van der Waals surface area contributed by atoms with Crippen LogP contribution in [0.3, 0.4) is 0 Å². The molecule has 6 nitrogen and oxygen atoms in total. The zero-order valence-electron chi connectivity index (χ0n) is 10.5. The first-order chi connectivity index (χ1) is 8.32. The van der Waals surface area contributed by atoms with Crippen LogP contribution in [0.2, 0.25) is 0 Å². The van der Waals surface area contributed by atoms with Crippen LogP contribution in [0.5, 0.6) is 0 Å². The number of hydrogen-bond donors (Lipinski definition) is 1. The summed E-state index contributed by atoms with van der Waals surface area (Å²) in [7, 11) is 1.18. The Labute approximate surface area is 104 Å². The van der Waals surface area contributed by atoms with Crippen molar-refractivity contribution in [1.82, 2.24) is 4.90 Å². The number of carbonyl (C=O) groups excluding carboxylic acids is 2. The Balaban J connectivity index is 2.60. The van der Waals surface area contributed by atoms with E-state index in [9.17, 15) is 19.5 Å². The van der Waals surface area contributed by atoms with Crippen LogP contribution < -0.4 is 0 Å². The number of methoxy groups -OCH3 is 1. The minimum Gasteiger partial charge on any atom is -0.478 e. The number of rotatable bonds is 3. The van der Waals surface area contributed by atoms with Crippen LogP contribution in [0.15, 0.2) is 11.3 Å². The Bertz CT molecular complexity index is 473. The molecule has 1 aliphatic carbocycles. The first kappa shape index (κ1) is 12.6. The third-order valence-electron chi connectivity index (χ3n) is 3.36. The molecule has 0 unspecified atom stereocenters. The van der Waals surface area contributed by atoms with Gasteiger partial charge in [0.1, 0.15) is 5.70 Å². The lowest BCUT2D eigenvalue weighted by Gasteiger charge is -2.21. The van der Waals surface area contributed by atoms with Crippen LogP contribution in [-0.4, -0.2) is 41.0 Å². The highest BCUT2D eigenvalue weighted by molar-refractivity contribution is 6.12. The number of carboxylic acid groups (broad SMARTS) is 1. The second kappa shape index (κ2) is 3.83. The topological polar surface area (TPSA) is 83.9 Å². The van der Waals surface area contributed by atoms with E-state index in [2.05, 4.69) is 4.74 Å². The van der Waals surface area contributed by atoms with E-state index < -0.39 is 17.4 Å². The Morgan fingerprint density at radius 1 is 1.39 bits per heavy atom. The molecule has 2 aliphatic rings. The number of hydrogen-bond acceptors (Lipinski definition) is 4. The molecule has 6 heteroatoms. The molecule has 1 amide bonds. The molecule has 0 bridgehead atoms. The highest BCUT2D eigenvalue weighted by Gasteiger charge is 2.55. The van der Waals surface area contributed by atoms with Crippen molar-refractivity contribution < 1.29 is 24.2 Å². The van der Waals surface area contributed by atoms with Gasteiger partial charge in [-0.1, -0.05) is 0 Å². The molecular weight excluding hydrogens is 238 g/mol. The molecule has 1 heterocycles. The number of carboxylic acids is 1. The Hall–Kier alpha value is -1.85. The second-order valence-corrected chi connectivity index (χ2v) is 5.05. The summed E-state index contributed by atoms with van der Waals surface area (Å²) < 4.78 is 4.61. The lowest BCUT2D eigenvalue weighted by Crippen LogP contribution is -2.36. The maximum absolute atomic E-state index is 12.3. The summed E-state index contributed by atoms with van der Waals surface area (Å²) in [5, 5.41) is 9.26. The standard InChI is InChI=1S/C12H15NO5/c1-12(2)7(9(14)15)8(10(16)18-3)13(11(12)17)6-4-5-6/h6H,4-5H2,1-3H3,(H,14,15). The van der Waals surface area contributed by atoms with Crippen molar-refractivity contribution in [3.05, 3.63) is 11.3 Å². The highest BCUT2D eigenvalue weighted by atomic mass is 16.5. The van der Waals surface area contributed by atoms with Gasteiger partial charge in [0, 0.05) is 6.04 Å². The molecule has 0 aromatic rings. The van der Waals surface area contributed by atoms with E-state index in [-0.39, 0.29) is 23.2 Å². The zero-order chi connectivity index (χ0) is 13.7. The molecule has 18 heavy (non-hydrogen) atoms. The fraction of sp³-hybridized carbons (Fsp3) is 0.583. The quantitative estimate of drug-likeness (QED) is 0.742. The van der Waals surface area contributed by atoms with Gasteiger partial charge in [-0.05, 0) is 26.7 Å². The van der Waals surface area contributed by atoms with E-state index in [1.54, 1.807) is 0 Å². The van der Waals surface area contributed by atoms with Crippen LogP contribution >= 0.6 is 0 Å². The Kier molecular flexibility index (Phi) is 2.68. The SMILES string of the molecule is COC(=O)C1=C(C(=O)O)C(C)(C)C(=O)N1C1CC1. The lowest BCUT2D eigenvalue weighted by molar-refractivity contribution is -0.142. The molecule has 2 rings (SSSR count). The van der Waals surface area contributed by atoms with Gasteiger partial charge in [0.2, 0.25) is 5.91 Å². The highest BCUT2D eigenvalue weighted by Crippen LogP contribution is 2.45. The molecule has 0 saturated heterocycles. The Morgan fingerprint density at radius 2 is 1.94 bits per heavy atom. The number of amides is 1. The summed E-state index contributed by atoms with van der Waals surface area (Å²) in [5.41, 5.74) is -1.48. The van der Waals surface area contributed by atoms with Gasteiger partial charge in [-0.25, -0.2) is 9.59 Å². The summed E-state index contributed by atoms with van der Waals surface area (Å²) in [6.45, 7) is 3.04. The fourth-order valence-electron chi connectivity index (χ4n) is 2.27. The third-order valence-corrected chi connectivity index (χ3v) is 3.36. The number of aliphatic carboxylic acids is 1. The largest absolute Gasteiger partial charge is 0.478 e. The second-order valence-electron chi connectivity index (χ2n) is 5.05. The molecule has 0 atom stereocenters. The maximum atomic E-state index is 12.3. The van der Waals surface area contributed by atoms with Crippen molar-refractivity contribution in [2.24, 2.45) is 5.41 Å². The van der Waals surface area contributed by atoms with Crippen molar-refractivity contribution in [2.75, 3.05) is 7.11 Å². The predicted octanol–water partition coefficient (Wildman–Crippen LogP) is 0.529. The van der Waals surface area contributed by atoms with Crippen molar-refractivity contribution in [3.8, 4) is 0 Å². The van der Waals surface area contributed by atoms with Gasteiger partial charge < -0.3 is 14.7 Å². The van der Waals surface area contributed by atoms with E-state index >= 15 is 0 Å². The van der Waals surface area contributed by atoms with Gasteiger partial charge in [-0.3, -0.25) is 4.79 Å². The van der Waals surface area contributed by atoms with Crippen molar-refractivity contribution in [3.63, 3.8) is 0 Å². The number of esters is 1.